The van der Waals surface area contributed by atoms with Gasteiger partial charge in [0.15, 0.2) is 0 Å². The molecular formula is C13H24N2O2. The highest BCUT2D eigenvalue weighted by atomic mass is 16.5. The third kappa shape index (κ3) is 2.47. The Kier molecular flexibility index (Phi) is 4.05. The fourth-order valence-electron chi connectivity index (χ4n) is 3.00. The number of rotatable bonds is 4. The number of carbonyl (C=O) groups excluding carboxylic acids is 1. The van der Waals surface area contributed by atoms with Crippen LogP contribution in [0.15, 0.2) is 0 Å². The van der Waals surface area contributed by atoms with Crippen molar-refractivity contribution in [2.24, 2.45) is 17.6 Å². The standard InChI is InChI=1S/C13H24N2O2/c1-3-5-8(2)13(16)15-11-10(14)9-6-4-7-17-12(9)11/h8-12H,3-7,14H2,1-2H3,(H,15,16). The van der Waals surface area contributed by atoms with Crippen LogP contribution in [0, 0.1) is 11.8 Å². The second-order valence-corrected chi connectivity index (χ2v) is 5.44. The van der Waals surface area contributed by atoms with Crippen LogP contribution in [-0.4, -0.2) is 30.7 Å². The van der Waals surface area contributed by atoms with Gasteiger partial charge < -0.3 is 15.8 Å². The van der Waals surface area contributed by atoms with E-state index in [0.717, 1.165) is 32.3 Å². The van der Waals surface area contributed by atoms with Crippen LogP contribution in [0.5, 0.6) is 0 Å². The number of hydrogen-bond acceptors (Lipinski definition) is 3. The first kappa shape index (κ1) is 12.8. The smallest absolute Gasteiger partial charge is 0.223 e. The van der Waals surface area contributed by atoms with Crippen molar-refractivity contribution in [1.29, 1.82) is 0 Å². The minimum Gasteiger partial charge on any atom is -0.376 e. The van der Waals surface area contributed by atoms with Crippen molar-refractivity contribution < 1.29 is 9.53 Å². The van der Waals surface area contributed by atoms with Gasteiger partial charge in [-0.1, -0.05) is 20.3 Å². The summed E-state index contributed by atoms with van der Waals surface area (Å²) < 4.78 is 5.71. The molecule has 0 aromatic rings. The van der Waals surface area contributed by atoms with Gasteiger partial charge in [0, 0.05) is 24.5 Å². The van der Waals surface area contributed by atoms with Crippen molar-refractivity contribution in [1.82, 2.24) is 5.32 Å². The molecule has 4 heteroatoms. The lowest BCUT2D eigenvalue weighted by atomic mass is 9.68. The van der Waals surface area contributed by atoms with E-state index in [0.29, 0.717) is 5.92 Å². The number of hydrogen-bond donors (Lipinski definition) is 2. The second-order valence-electron chi connectivity index (χ2n) is 5.44. The van der Waals surface area contributed by atoms with Gasteiger partial charge in [-0.25, -0.2) is 0 Å². The topological polar surface area (TPSA) is 64.4 Å². The predicted molar refractivity (Wildman–Crippen MR) is 66.4 cm³/mol. The molecular weight excluding hydrogens is 216 g/mol. The molecule has 2 rings (SSSR count). The Morgan fingerprint density at radius 3 is 3.06 bits per heavy atom. The van der Waals surface area contributed by atoms with Gasteiger partial charge in [-0.3, -0.25) is 4.79 Å². The fraction of sp³-hybridized carbons (Fsp3) is 0.923. The van der Waals surface area contributed by atoms with Gasteiger partial charge in [-0.05, 0) is 19.3 Å². The van der Waals surface area contributed by atoms with E-state index in [1.54, 1.807) is 0 Å². The summed E-state index contributed by atoms with van der Waals surface area (Å²) in [6, 6.07) is 0.116. The van der Waals surface area contributed by atoms with Crippen LogP contribution in [0.4, 0.5) is 0 Å². The molecule has 5 atom stereocenters. The molecule has 0 radical (unpaired) electrons. The van der Waals surface area contributed by atoms with E-state index in [2.05, 4.69) is 12.2 Å². The van der Waals surface area contributed by atoms with E-state index < -0.39 is 0 Å². The largest absolute Gasteiger partial charge is 0.376 e. The minimum absolute atomic E-state index is 0.0344. The highest BCUT2D eigenvalue weighted by Gasteiger charge is 2.51. The van der Waals surface area contributed by atoms with Gasteiger partial charge in [0.2, 0.25) is 5.91 Å². The van der Waals surface area contributed by atoms with E-state index >= 15 is 0 Å². The first-order chi connectivity index (χ1) is 8.15. The molecule has 0 aromatic heterocycles. The molecule has 4 nitrogen and oxygen atoms in total. The lowest BCUT2D eigenvalue weighted by Gasteiger charge is -2.52. The van der Waals surface area contributed by atoms with Crippen LogP contribution in [0.1, 0.15) is 39.5 Å². The zero-order valence-corrected chi connectivity index (χ0v) is 10.8. The zero-order chi connectivity index (χ0) is 12.4. The maximum atomic E-state index is 11.9. The third-order valence-corrected chi connectivity index (χ3v) is 4.16. The lowest BCUT2D eigenvalue weighted by Crippen LogP contribution is -2.72. The Morgan fingerprint density at radius 2 is 2.35 bits per heavy atom. The van der Waals surface area contributed by atoms with Gasteiger partial charge in [-0.2, -0.15) is 0 Å². The van der Waals surface area contributed by atoms with E-state index in [9.17, 15) is 4.79 Å². The number of nitrogens with one attached hydrogen (secondary N) is 1. The van der Waals surface area contributed by atoms with Gasteiger partial charge in [-0.15, -0.1) is 0 Å². The molecule has 5 unspecified atom stereocenters. The van der Waals surface area contributed by atoms with Crippen molar-refractivity contribution in [3.05, 3.63) is 0 Å². The second kappa shape index (κ2) is 5.36. The number of carbonyl (C=O) groups is 1. The summed E-state index contributed by atoms with van der Waals surface area (Å²) in [6.07, 6.45) is 4.37. The zero-order valence-electron chi connectivity index (χ0n) is 10.8. The normalized spacial score (nSPS) is 37.8. The van der Waals surface area contributed by atoms with Gasteiger partial charge in [0.25, 0.3) is 0 Å². The van der Waals surface area contributed by atoms with Crippen molar-refractivity contribution >= 4 is 5.91 Å². The summed E-state index contributed by atoms with van der Waals surface area (Å²) in [5.74, 6) is 0.658. The van der Waals surface area contributed by atoms with Gasteiger partial charge in [0.1, 0.15) is 0 Å². The Labute approximate surface area is 103 Å². The number of amides is 1. The summed E-state index contributed by atoms with van der Waals surface area (Å²) in [7, 11) is 0. The van der Waals surface area contributed by atoms with Crippen LogP contribution in [0.2, 0.25) is 0 Å². The molecule has 1 heterocycles. The SMILES string of the molecule is CCCC(C)C(=O)NC1C(N)C2CCCOC21. The van der Waals surface area contributed by atoms with Crippen molar-refractivity contribution in [3.63, 3.8) is 0 Å². The summed E-state index contributed by atoms with van der Waals surface area (Å²) in [5, 5.41) is 3.06. The van der Waals surface area contributed by atoms with E-state index in [1.807, 2.05) is 6.92 Å². The van der Waals surface area contributed by atoms with Gasteiger partial charge >= 0.3 is 0 Å². The highest BCUT2D eigenvalue weighted by molar-refractivity contribution is 5.78. The first-order valence-electron chi connectivity index (χ1n) is 6.82. The van der Waals surface area contributed by atoms with Crippen LogP contribution in [0.3, 0.4) is 0 Å². The molecule has 1 aliphatic heterocycles. The summed E-state index contributed by atoms with van der Waals surface area (Å²) in [5.41, 5.74) is 6.11. The molecule has 0 bridgehead atoms. The lowest BCUT2D eigenvalue weighted by molar-refractivity contribution is -0.141. The molecule has 3 N–H and O–H groups in total. The predicted octanol–water partition coefficient (Wildman–Crippen LogP) is 1.04. The summed E-state index contributed by atoms with van der Waals surface area (Å²) in [6.45, 7) is 4.88. The van der Waals surface area contributed by atoms with Crippen LogP contribution in [0.25, 0.3) is 0 Å². The summed E-state index contributed by atoms with van der Waals surface area (Å²) >= 11 is 0. The average Bonchev–Trinajstić information content (AvgIpc) is 2.35. The maximum Gasteiger partial charge on any atom is 0.223 e. The highest BCUT2D eigenvalue weighted by Crippen LogP contribution is 2.37. The Morgan fingerprint density at radius 1 is 1.59 bits per heavy atom. The Balaban J connectivity index is 1.85. The van der Waals surface area contributed by atoms with Crippen LogP contribution < -0.4 is 11.1 Å². The Hall–Kier alpha value is -0.610. The molecule has 1 saturated heterocycles. The Bertz CT molecular complexity index is 283. The van der Waals surface area contributed by atoms with E-state index in [-0.39, 0.29) is 30.0 Å². The average molecular weight is 240 g/mol. The fourth-order valence-corrected chi connectivity index (χ4v) is 3.00. The van der Waals surface area contributed by atoms with E-state index in [4.69, 9.17) is 10.5 Å². The molecule has 17 heavy (non-hydrogen) atoms. The quantitative estimate of drug-likeness (QED) is 0.772. The van der Waals surface area contributed by atoms with E-state index in [1.165, 1.54) is 0 Å². The molecule has 0 spiro atoms. The van der Waals surface area contributed by atoms with Crippen LogP contribution >= 0.6 is 0 Å². The van der Waals surface area contributed by atoms with Crippen molar-refractivity contribution in [2.75, 3.05) is 6.61 Å². The monoisotopic (exact) mass is 240 g/mol. The summed E-state index contributed by atoms with van der Waals surface area (Å²) in [4.78, 5) is 11.9. The molecule has 2 fully saturated rings. The van der Waals surface area contributed by atoms with Crippen LogP contribution in [-0.2, 0) is 9.53 Å². The molecule has 2 aliphatic rings. The number of ether oxygens (including phenoxy) is 1. The van der Waals surface area contributed by atoms with Crippen molar-refractivity contribution in [2.45, 2.75) is 57.7 Å². The molecule has 0 aromatic carbocycles. The number of fused-ring (bicyclic) bond motifs is 1. The third-order valence-electron chi connectivity index (χ3n) is 4.16. The maximum absolute atomic E-state index is 11.9. The first-order valence-corrected chi connectivity index (χ1v) is 6.82. The van der Waals surface area contributed by atoms with Gasteiger partial charge in [0.05, 0.1) is 12.1 Å². The molecule has 1 amide bonds. The minimum atomic E-state index is 0.0344. The molecule has 1 aliphatic carbocycles. The molecule has 1 saturated carbocycles. The number of nitrogens with two attached hydrogens (primary N) is 1. The van der Waals surface area contributed by atoms with Crippen molar-refractivity contribution in [3.8, 4) is 0 Å². The molecule has 98 valence electrons.